The van der Waals surface area contributed by atoms with Crippen molar-refractivity contribution in [3.63, 3.8) is 0 Å². The lowest BCUT2D eigenvalue weighted by molar-refractivity contribution is -0.119. The Kier molecular flexibility index (Phi) is 6.84. The average molecular weight is 488 g/mol. The first-order chi connectivity index (χ1) is 15.5. The molecule has 2 N–H and O–H groups in total. The van der Waals surface area contributed by atoms with Gasteiger partial charge in [0.25, 0.3) is 5.91 Å². The van der Waals surface area contributed by atoms with E-state index in [2.05, 4.69) is 21.0 Å². The third kappa shape index (κ3) is 4.82. The van der Waals surface area contributed by atoms with Crippen molar-refractivity contribution in [2.45, 2.75) is 5.16 Å². The molecule has 0 saturated carbocycles. The third-order valence-electron chi connectivity index (χ3n) is 4.23. The maximum Gasteiger partial charge on any atom is 0.279 e. The molecule has 0 aliphatic heterocycles. The lowest BCUT2D eigenvalue weighted by Gasteiger charge is -2.12. The molecular formula is C21H15ClFN5O2S2. The van der Waals surface area contributed by atoms with Crippen molar-refractivity contribution in [1.82, 2.24) is 25.6 Å². The number of benzene rings is 2. The van der Waals surface area contributed by atoms with Gasteiger partial charge in [-0.15, -0.1) is 21.5 Å². The van der Waals surface area contributed by atoms with E-state index in [1.807, 2.05) is 0 Å². The van der Waals surface area contributed by atoms with Crippen LogP contribution in [0.25, 0.3) is 17.1 Å². The fraction of sp³-hybridized carbons (Fsp3) is 0.0476. The summed E-state index contributed by atoms with van der Waals surface area (Å²) < 4.78 is 16.1. The van der Waals surface area contributed by atoms with Crippen molar-refractivity contribution in [3.05, 3.63) is 81.8 Å². The number of halogens is 2. The maximum atomic E-state index is 14.6. The summed E-state index contributed by atoms with van der Waals surface area (Å²) in [5.41, 5.74) is 5.50. The van der Waals surface area contributed by atoms with Crippen LogP contribution in [0.5, 0.6) is 0 Å². The van der Waals surface area contributed by atoms with Gasteiger partial charge in [0.05, 0.1) is 21.3 Å². The first-order valence-corrected chi connectivity index (χ1v) is 11.5. The van der Waals surface area contributed by atoms with Crippen molar-refractivity contribution < 1.29 is 14.0 Å². The summed E-state index contributed by atoms with van der Waals surface area (Å²) in [6.07, 6.45) is 0. The molecule has 7 nitrogen and oxygen atoms in total. The molecule has 0 bridgehead atoms. The van der Waals surface area contributed by atoms with Crippen LogP contribution in [-0.4, -0.2) is 32.3 Å². The number of hydrogen-bond acceptors (Lipinski definition) is 6. The van der Waals surface area contributed by atoms with Crippen LogP contribution in [0.1, 0.15) is 9.67 Å². The molecule has 0 aliphatic rings. The molecular weight excluding hydrogens is 473 g/mol. The minimum Gasteiger partial charge on any atom is -0.272 e. The van der Waals surface area contributed by atoms with E-state index in [4.69, 9.17) is 11.6 Å². The lowest BCUT2D eigenvalue weighted by Crippen LogP contribution is -2.42. The van der Waals surface area contributed by atoms with Crippen LogP contribution in [0, 0.1) is 5.82 Å². The van der Waals surface area contributed by atoms with Crippen molar-refractivity contribution in [3.8, 4) is 17.1 Å². The maximum absolute atomic E-state index is 14.6. The van der Waals surface area contributed by atoms with E-state index >= 15 is 0 Å². The largest absolute Gasteiger partial charge is 0.279 e. The smallest absolute Gasteiger partial charge is 0.272 e. The van der Waals surface area contributed by atoms with Gasteiger partial charge in [0.15, 0.2) is 11.0 Å². The highest BCUT2D eigenvalue weighted by Gasteiger charge is 2.21. The van der Waals surface area contributed by atoms with Gasteiger partial charge in [0, 0.05) is 5.56 Å². The van der Waals surface area contributed by atoms with Crippen molar-refractivity contribution >= 4 is 46.5 Å². The lowest BCUT2D eigenvalue weighted by atomic mass is 10.2. The molecule has 0 spiro atoms. The number of carbonyl (C=O) groups excluding carboxylic acids is 2. The van der Waals surface area contributed by atoms with Gasteiger partial charge in [0.1, 0.15) is 5.82 Å². The van der Waals surface area contributed by atoms with Crippen LogP contribution in [0.2, 0.25) is 5.02 Å². The Morgan fingerprint density at radius 1 is 1.03 bits per heavy atom. The summed E-state index contributed by atoms with van der Waals surface area (Å²) in [5, 5.41) is 10.8. The molecule has 32 heavy (non-hydrogen) atoms. The Hall–Kier alpha value is -3.21. The number of nitrogens with zero attached hydrogens (tertiary/aromatic N) is 3. The quantitative estimate of drug-likeness (QED) is 0.312. The van der Waals surface area contributed by atoms with Gasteiger partial charge < -0.3 is 0 Å². The van der Waals surface area contributed by atoms with Crippen LogP contribution in [0.3, 0.4) is 0 Å². The molecule has 0 radical (unpaired) electrons. The summed E-state index contributed by atoms with van der Waals surface area (Å²) in [5.74, 6) is -1.08. The standard InChI is InChI=1S/C21H15ClFN5O2S2/c22-14-7-2-1-6-13(14)19-25-27-21(28(19)16-9-4-3-8-15(16)23)32-12-18(29)24-26-20(30)17-10-5-11-31-17/h1-11H,12H2,(H,24,29)(H,26,30). The number of thiophene rings is 1. The predicted octanol–water partition coefficient (Wildman–Crippen LogP) is 4.34. The number of para-hydroxylation sites is 1. The number of hydrogen-bond donors (Lipinski definition) is 2. The second-order valence-electron chi connectivity index (χ2n) is 6.34. The minimum absolute atomic E-state index is 0.0835. The number of aromatic nitrogens is 3. The highest BCUT2D eigenvalue weighted by atomic mass is 35.5. The molecule has 4 rings (SSSR count). The van der Waals surface area contributed by atoms with Gasteiger partial charge in [-0.1, -0.05) is 53.7 Å². The number of amides is 2. The van der Waals surface area contributed by atoms with E-state index in [0.717, 1.165) is 11.8 Å². The van der Waals surface area contributed by atoms with E-state index < -0.39 is 17.6 Å². The number of thioether (sulfide) groups is 1. The SMILES string of the molecule is O=C(CSc1nnc(-c2ccccc2Cl)n1-c1ccccc1F)NNC(=O)c1cccs1. The van der Waals surface area contributed by atoms with Crippen LogP contribution in [0.15, 0.2) is 71.2 Å². The molecule has 0 fully saturated rings. The molecule has 11 heteroatoms. The topological polar surface area (TPSA) is 88.9 Å². The zero-order chi connectivity index (χ0) is 22.5. The van der Waals surface area contributed by atoms with Crippen molar-refractivity contribution in [2.75, 3.05) is 5.75 Å². The van der Waals surface area contributed by atoms with E-state index in [9.17, 15) is 14.0 Å². The first kappa shape index (κ1) is 22.0. The van der Waals surface area contributed by atoms with Gasteiger partial charge in [-0.2, -0.15) is 0 Å². The molecule has 0 unspecified atom stereocenters. The summed E-state index contributed by atoms with van der Waals surface area (Å²) in [7, 11) is 0. The van der Waals surface area contributed by atoms with Gasteiger partial charge in [-0.05, 0) is 35.7 Å². The van der Waals surface area contributed by atoms with Gasteiger partial charge in [0.2, 0.25) is 5.91 Å². The van der Waals surface area contributed by atoms with Gasteiger partial charge in [-0.3, -0.25) is 25.0 Å². The molecule has 2 amide bonds. The van der Waals surface area contributed by atoms with E-state index in [1.54, 1.807) is 60.0 Å². The van der Waals surface area contributed by atoms with Gasteiger partial charge in [-0.25, -0.2) is 4.39 Å². The second kappa shape index (κ2) is 9.94. The average Bonchev–Trinajstić information content (AvgIpc) is 3.47. The minimum atomic E-state index is -0.477. The Balaban J connectivity index is 1.55. The van der Waals surface area contributed by atoms with Crippen LogP contribution in [-0.2, 0) is 4.79 Å². The number of hydrazine groups is 1. The zero-order valence-electron chi connectivity index (χ0n) is 16.3. The van der Waals surface area contributed by atoms with Crippen LogP contribution in [0.4, 0.5) is 4.39 Å². The molecule has 2 aromatic carbocycles. The second-order valence-corrected chi connectivity index (χ2v) is 8.64. The Bertz CT molecular complexity index is 1260. The van der Waals surface area contributed by atoms with E-state index in [-0.39, 0.29) is 11.4 Å². The number of rotatable bonds is 6. The van der Waals surface area contributed by atoms with Crippen molar-refractivity contribution in [1.29, 1.82) is 0 Å². The van der Waals surface area contributed by atoms with E-state index in [1.165, 1.54) is 22.0 Å². The zero-order valence-corrected chi connectivity index (χ0v) is 18.7. The fourth-order valence-electron chi connectivity index (χ4n) is 2.79. The summed E-state index contributed by atoms with van der Waals surface area (Å²) in [4.78, 5) is 24.7. The fourth-order valence-corrected chi connectivity index (χ4v) is 4.38. The number of nitrogens with one attached hydrogen (secondary N) is 2. The molecule has 2 heterocycles. The van der Waals surface area contributed by atoms with Crippen LogP contribution >= 0.6 is 34.7 Å². The Morgan fingerprint density at radius 2 is 1.81 bits per heavy atom. The highest BCUT2D eigenvalue weighted by molar-refractivity contribution is 7.99. The molecule has 2 aromatic heterocycles. The monoisotopic (exact) mass is 487 g/mol. The molecule has 4 aromatic rings. The molecule has 162 valence electrons. The number of carbonyl (C=O) groups is 2. The Labute approximate surface area is 195 Å². The van der Waals surface area contributed by atoms with E-state index in [0.29, 0.717) is 26.4 Å². The predicted molar refractivity (Wildman–Crippen MR) is 122 cm³/mol. The third-order valence-corrected chi connectivity index (χ3v) is 6.36. The first-order valence-electron chi connectivity index (χ1n) is 9.25. The summed E-state index contributed by atoms with van der Waals surface area (Å²) in [6, 6.07) is 16.6. The summed E-state index contributed by atoms with van der Waals surface area (Å²) in [6.45, 7) is 0. The molecule has 0 atom stereocenters. The Morgan fingerprint density at radius 3 is 2.56 bits per heavy atom. The highest BCUT2D eigenvalue weighted by Crippen LogP contribution is 2.32. The molecule has 0 aliphatic carbocycles. The van der Waals surface area contributed by atoms with Gasteiger partial charge >= 0.3 is 0 Å². The molecule has 0 saturated heterocycles. The van der Waals surface area contributed by atoms with Crippen LogP contribution < -0.4 is 10.9 Å². The normalized spacial score (nSPS) is 10.7. The van der Waals surface area contributed by atoms with Crippen molar-refractivity contribution in [2.24, 2.45) is 0 Å². The summed E-state index contributed by atoms with van der Waals surface area (Å²) >= 11 is 8.63.